The van der Waals surface area contributed by atoms with Gasteiger partial charge in [-0.3, -0.25) is 11.6 Å². The molecular formula is C135H98Y9-18. The minimum absolute atomic E-state index is 0. The first kappa shape index (κ1) is 120. The van der Waals surface area contributed by atoms with Gasteiger partial charge in [-0.1, -0.05) is 292 Å². The first-order valence-electron chi connectivity index (χ1n) is 46.5. The molecule has 0 spiro atoms. The molecule has 18 aromatic carbocycles. The van der Waals surface area contributed by atoms with E-state index in [1.165, 1.54) is 223 Å². The standard InChI is InChI=1S/C15H12.C15H10.C15H12.2C15H10.2C15H12.2C15H10.9Y/c1-2-11-7-5-8-13-10-12-6-3-4-9-14(12)15(11)13;1-2-11-7-5-9-14-13-8-4-3-6-12(13)10-15(11)14;3*1-2-11-7-8-15-13(9-11)10-12-5-3-4-6-14(12)15;4*1-2-11-7-8-13-10-12-5-3-4-6-14(12)15(13)9-11;;;;;;;;;/h3-6,8-9H,1-2,10H2;1-6,8-9H,10H2;3-6,8-9H,1-2,10H2;1-6,8-9H,10H2;1-8H,10H2;3-6,8-9H,1-2,10H2;3-8H,1-2,10H2;1-6,8-9H,10H2;1-8H,10H2;;;;;;;;;/q9*-2;;;;;;;;;. The number of benzene rings is 18. The zero-order valence-corrected chi connectivity index (χ0v) is 107. The summed E-state index contributed by atoms with van der Waals surface area (Å²) >= 11 is 0. The fourth-order valence-corrected chi connectivity index (χ4v) is 20.1. The summed E-state index contributed by atoms with van der Waals surface area (Å²) in [5, 5.41) is 0. The Hall–Kier alpha value is -5.40. The molecule has 0 unspecified atom stereocenters. The van der Waals surface area contributed by atoms with E-state index in [9.17, 15) is 0 Å². The number of rotatable bonds is 9. The fourth-order valence-electron chi connectivity index (χ4n) is 20.1. The quantitative estimate of drug-likeness (QED) is 0.126. The smallest absolute Gasteiger partial charge is 0 e. The Labute approximate surface area is 1080 Å². The Balaban J connectivity index is 0.000000165. The number of fused-ring (bicyclic) bond motifs is 27. The predicted octanol–water partition coefficient (Wildman–Crippen LogP) is 31.2. The van der Waals surface area contributed by atoms with Crippen molar-refractivity contribution in [1.29, 1.82) is 0 Å². The number of hydrogen-bond acceptors (Lipinski definition) is 0. The van der Waals surface area contributed by atoms with Crippen molar-refractivity contribution >= 4 is 30.4 Å². The van der Waals surface area contributed by atoms with E-state index in [0.717, 1.165) is 111 Å². The van der Waals surface area contributed by atoms with Crippen LogP contribution in [0.25, 0.3) is 131 Å². The van der Waals surface area contributed by atoms with Crippen LogP contribution in [0, 0.1) is 115 Å². The predicted molar refractivity (Wildman–Crippen MR) is 562 cm³/mol. The molecule has 9 aliphatic rings. The maximum Gasteiger partial charge on any atom is 0 e. The summed E-state index contributed by atoms with van der Waals surface area (Å²) in [6.45, 7) is 43.3. The summed E-state index contributed by atoms with van der Waals surface area (Å²) in [5.74, 6) is 0. The zero-order valence-electron chi connectivity index (χ0n) is 81.2. The molecule has 144 heavy (non-hydrogen) atoms. The Morgan fingerprint density at radius 3 is 1.09 bits per heavy atom. The van der Waals surface area contributed by atoms with Crippen LogP contribution in [0.3, 0.4) is 0 Å². The Kier molecular flexibility index (Phi) is 48.4. The minimum Gasteiger partial charge on any atom is -0.344 e. The Morgan fingerprint density at radius 1 is 0.215 bits per heavy atom. The van der Waals surface area contributed by atoms with Gasteiger partial charge in [-0.25, -0.2) is 60.2 Å². The van der Waals surface area contributed by atoms with Crippen molar-refractivity contribution in [3.63, 3.8) is 0 Å². The molecule has 0 N–H and O–H groups in total. The topological polar surface area (TPSA) is 0 Å². The summed E-state index contributed by atoms with van der Waals surface area (Å²) in [5.41, 5.74) is 58.7. The molecule has 27 rings (SSSR count). The van der Waals surface area contributed by atoms with Crippen LogP contribution in [0.1, 0.15) is 150 Å². The molecule has 0 bridgehead atoms. The Bertz CT molecular complexity index is 7280. The van der Waals surface area contributed by atoms with Crippen molar-refractivity contribution in [3.05, 3.63) is 593 Å². The summed E-state index contributed by atoms with van der Waals surface area (Å²) in [6, 6.07) is 144. The third-order valence-corrected chi connectivity index (χ3v) is 26.9. The summed E-state index contributed by atoms with van der Waals surface area (Å²) in [4.78, 5) is 0. The van der Waals surface area contributed by atoms with Gasteiger partial charge < -0.3 is 107 Å². The van der Waals surface area contributed by atoms with Crippen LogP contribution in [-0.4, -0.2) is 0 Å². The molecule has 0 fully saturated rings. The number of hydrogen-bond donors (Lipinski definition) is 0. The average Bonchev–Trinajstić information content (AvgIpc) is 1.63. The molecule has 0 saturated carbocycles. The van der Waals surface area contributed by atoms with Crippen molar-refractivity contribution in [2.45, 2.75) is 83.5 Å². The van der Waals surface area contributed by atoms with Gasteiger partial charge in [0.15, 0.2) is 0 Å². The fraction of sp³-hybridized carbons (Fsp3) is 0.0963. The second kappa shape index (κ2) is 57.9. The largest absolute Gasteiger partial charge is 0.344 e. The third-order valence-electron chi connectivity index (χ3n) is 26.9. The first-order valence-corrected chi connectivity index (χ1v) is 46.5. The molecule has 9 aliphatic carbocycles. The van der Waals surface area contributed by atoms with Gasteiger partial charge in [0.05, 0.1) is 0 Å². The first-order chi connectivity index (χ1) is 66.5. The molecule has 0 saturated heterocycles. The molecule has 0 nitrogen and oxygen atoms in total. The van der Waals surface area contributed by atoms with Gasteiger partial charge in [0.2, 0.25) is 0 Å². The maximum absolute atomic E-state index is 5.60. The molecule has 18 aromatic rings. The molecule has 0 aliphatic heterocycles. The zero-order chi connectivity index (χ0) is 92.3. The van der Waals surface area contributed by atoms with Crippen LogP contribution in [0.15, 0.2) is 328 Å². The second-order valence-corrected chi connectivity index (χ2v) is 34.9. The third kappa shape index (κ3) is 27.4. The van der Waals surface area contributed by atoms with Gasteiger partial charge in [-0.15, -0.1) is 114 Å². The van der Waals surface area contributed by atoms with Gasteiger partial charge in [-0.2, -0.15) is 127 Å². The molecule has 0 heterocycles. The van der Waals surface area contributed by atoms with Crippen molar-refractivity contribution in [3.8, 4) is 100 Å². The van der Waals surface area contributed by atoms with E-state index < -0.39 is 0 Å². The van der Waals surface area contributed by atoms with E-state index in [2.05, 4.69) is 373 Å². The SMILES string of the molecule is [CH-]=Cc1[c-]c2c(cc1)-c1ccccc1C2.[CH-]=Cc1[c-]c2c(cc1)Cc1ccccc1-2.[CH-]=Cc1[c-]cc2c(c1)-c1ccccc1C2.[CH-]=Cc1[c-]cc2c(c1)Cc1ccccc1-2.[CH-]=Cc1[c-]ccc2c1Cc1ccccc1-2.[CH2-]Cc1[c-]c2c(cc1)Cc1ccccc1-2.[CH2-]Cc1[c-]cc2c(c1)-c1ccccc1C2.[CH2-]Cc1[c-]cc2c(c1)Cc1ccccc1-2.[CH2-]Cc1[c-]ccc2c1-c1ccccc1C2.[Y].[Y].[Y].[Y].[Y].[Y].[Y].[Y].[Y]. The van der Waals surface area contributed by atoms with Gasteiger partial charge in [-0.05, 0) is 95.9 Å². The van der Waals surface area contributed by atoms with Crippen LogP contribution in [0.2, 0.25) is 0 Å². The van der Waals surface area contributed by atoms with Crippen LogP contribution < -0.4 is 0 Å². The molecule has 0 amide bonds. The van der Waals surface area contributed by atoms with E-state index in [1.54, 1.807) is 30.4 Å². The van der Waals surface area contributed by atoms with Gasteiger partial charge in [0, 0.05) is 294 Å². The van der Waals surface area contributed by atoms with Gasteiger partial charge in [0.25, 0.3) is 0 Å². The van der Waals surface area contributed by atoms with E-state index in [0.29, 0.717) is 0 Å². The van der Waals surface area contributed by atoms with Crippen LogP contribution >= 0.6 is 0 Å². The molecule has 0 atom stereocenters. The monoisotopic (exact) mass is 2520 g/mol. The van der Waals surface area contributed by atoms with Crippen LogP contribution in [0.4, 0.5) is 0 Å². The molecular weight excluding hydrogens is 2420 g/mol. The van der Waals surface area contributed by atoms with Crippen molar-refractivity contribution in [2.24, 2.45) is 0 Å². The average molecular weight is 2520 g/mol. The van der Waals surface area contributed by atoms with Crippen LogP contribution in [0.5, 0.6) is 0 Å². The van der Waals surface area contributed by atoms with Crippen molar-refractivity contribution in [1.82, 2.24) is 0 Å². The summed E-state index contributed by atoms with van der Waals surface area (Å²) in [7, 11) is 0. The van der Waals surface area contributed by atoms with Gasteiger partial charge >= 0.3 is 0 Å². The summed E-state index contributed by atoms with van der Waals surface area (Å²) in [6.07, 6.45) is 20.6. The van der Waals surface area contributed by atoms with Crippen LogP contribution in [-0.2, 0) is 378 Å². The van der Waals surface area contributed by atoms with Crippen molar-refractivity contribution in [2.75, 3.05) is 0 Å². The second-order valence-electron chi connectivity index (χ2n) is 34.9. The van der Waals surface area contributed by atoms with Crippen molar-refractivity contribution < 1.29 is 294 Å². The molecule has 9 heteroatoms. The van der Waals surface area contributed by atoms with E-state index in [4.69, 9.17) is 32.9 Å². The Morgan fingerprint density at radius 2 is 0.576 bits per heavy atom. The normalized spacial score (nSPS) is 11.4. The molecule has 9 radical (unpaired) electrons. The van der Waals surface area contributed by atoms with E-state index in [-0.39, 0.29) is 294 Å². The van der Waals surface area contributed by atoms with Gasteiger partial charge in [0.1, 0.15) is 0 Å². The van der Waals surface area contributed by atoms with E-state index >= 15 is 0 Å². The molecule has 683 valence electrons. The minimum atomic E-state index is 0. The molecule has 0 aromatic heterocycles. The maximum atomic E-state index is 5.60. The summed E-state index contributed by atoms with van der Waals surface area (Å²) < 4.78 is 0. The van der Waals surface area contributed by atoms with E-state index in [1.807, 2.05) is 36.4 Å².